The molecular weight excluding hydrogens is 465 g/mol. The van der Waals surface area contributed by atoms with Crippen molar-refractivity contribution in [3.8, 4) is 5.75 Å². The predicted octanol–water partition coefficient (Wildman–Crippen LogP) is 2.43. The number of hydrogen-bond acceptors (Lipinski definition) is 9. The van der Waals surface area contributed by atoms with Crippen LogP contribution in [0.1, 0.15) is 47.4 Å². The van der Waals surface area contributed by atoms with Crippen molar-refractivity contribution >= 4 is 23.5 Å². The van der Waals surface area contributed by atoms with Crippen LogP contribution < -0.4 is 26.7 Å². The summed E-state index contributed by atoms with van der Waals surface area (Å²) in [6.45, 7) is 0.00926. The van der Waals surface area contributed by atoms with E-state index in [0.717, 1.165) is 17.0 Å². The SMILES string of the molecule is COc1ccc(N(N)/C=N\N)c(CNc2cc(C(O)c3cn4cc(C5CC5)ccc4n3)ncn2)c1F. The molecule has 1 aliphatic rings. The highest BCUT2D eigenvalue weighted by Gasteiger charge is 2.24. The number of rotatable bonds is 9. The van der Waals surface area contributed by atoms with E-state index in [1.54, 1.807) is 18.3 Å². The van der Waals surface area contributed by atoms with Crippen molar-refractivity contribution in [1.82, 2.24) is 19.4 Å². The minimum absolute atomic E-state index is 0.00926. The monoisotopic (exact) mass is 491 g/mol. The summed E-state index contributed by atoms with van der Waals surface area (Å²) in [4.78, 5) is 12.9. The van der Waals surface area contributed by atoms with Crippen LogP contribution in [0, 0.1) is 5.82 Å². The number of hydrazone groups is 1. The lowest BCUT2D eigenvalue weighted by atomic mass is 10.1. The Morgan fingerprint density at radius 1 is 1.28 bits per heavy atom. The lowest BCUT2D eigenvalue weighted by molar-refractivity contribution is 0.211. The maximum absolute atomic E-state index is 15.0. The Morgan fingerprint density at radius 2 is 2.11 bits per heavy atom. The van der Waals surface area contributed by atoms with Crippen LogP contribution in [0.2, 0.25) is 0 Å². The minimum atomic E-state index is -1.07. The van der Waals surface area contributed by atoms with Crippen molar-refractivity contribution in [2.45, 2.75) is 31.4 Å². The summed E-state index contributed by atoms with van der Waals surface area (Å²) in [6.07, 6.45) is 7.68. The van der Waals surface area contributed by atoms with Crippen LogP contribution in [-0.4, -0.2) is 37.9 Å². The fraction of sp³-hybridized carbons (Fsp3) is 0.250. The van der Waals surface area contributed by atoms with Crippen LogP contribution in [0.3, 0.4) is 0 Å². The summed E-state index contributed by atoms with van der Waals surface area (Å²) in [5, 5.41) is 18.5. The van der Waals surface area contributed by atoms with Crippen LogP contribution in [-0.2, 0) is 6.54 Å². The molecule has 12 heteroatoms. The quantitative estimate of drug-likeness (QED) is 0.120. The molecular formula is C24H26FN9O2. The van der Waals surface area contributed by atoms with E-state index < -0.39 is 11.9 Å². The molecule has 0 saturated heterocycles. The van der Waals surface area contributed by atoms with Gasteiger partial charge in [0.1, 0.15) is 30.2 Å². The second-order valence-electron chi connectivity index (χ2n) is 8.50. The molecule has 3 aromatic heterocycles. The summed E-state index contributed by atoms with van der Waals surface area (Å²) >= 11 is 0. The van der Waals surface area contributed by atoms with Crippen molar-refractivity contribution in [2.75, 3.05) is 17.4 Å². The predicted molar refractivity (Wildman–Crippen MR) is 133 cm³/mol. The fourth-order valence-electron chi connectivity index (χ4n) is 4.06. The number of ether oxygens (including phenoxy) is 1. The first-order valence-corrected chi connectivity index (χ1v) is 11.3. The van der Waals surface area contributed by atoms with E-state index in [1.165, 1.54) is 37.9 Å². The Morgan fingerprint density at radius 3 is 2.86 bits per heavy atom. The van der Waals surface area contributed by atoms with Gasteiger partial charge >= 0.3 is 0 Å². The topological polar surface area (TPSA) is 152 Å². The molecule has 1 atom stereocenters. The van der Waals surface area contributed by atoms with Crippen LogP contribution in [0.4, 0.5) is 15.9 Å². The maximum atomic E-state index is 15.0. The zero-order valence-corrected chi connectivity index (χ0v) is 19.5. The molecule has 0 radical (unpaired) electrons. The molecule has 1 fully saturated rings. The number of methoxy groups -OCH3 is 1. The van der Waals surface area contributed by atoms with Gasteiger partial charge in [-0.25, -0.2) is 25.2 Å². The molecule has 6 N–H and O–H groups in total. The van der Waals surface area contributed by atoms with Gasteiger partial charge < -0.3 is 25.4 Å². The first kappa shape index (κ1) is 23.5. The Balaban J connectivity index is 1.37. The largest absolute Gasteiger partial charge is 0.494 e. The smallest absolute Gasteiger partial charge is 0.172 e. The number of imidazole rings is 1. The number of aromatic nitrogens is 4. The number of hydrogen-bond donors (Lipinski definition) is 4. The molecule has 1 aliphatic carbocycles. The molecule has 4 aromatic rings. The van der Waals surface area contributed by atoms with Crippen molar-refractivity contribution in [2.24, 2.45) is 16.8 Å². The van der Waals surface area contributed by atoms with E-state index in [4.69, 9.17) is 16.4 Å². The summed E-state index contributed by atoms with van der Waals surface area (Å²) in [5.41, 5.74) is 3.37. The van der Waals surface area contributed by atoms with Gasteiger partial charge in [-0.15, -0.1) is 0 Å². The summed E-state index contributed by atoms with van der Waals surface area (Å²) in [5.74, 6) is 11.6. The normalized spacial score (nSPS) is 14.3. The highest BCUT2D eigenvalue weighted by molar-refractivity contribution is 5.79. The minimum Gasteiger partial charge on any atom is -0.494 e. The zero-order chi connectivity index (χ0) is 25.2. The summed E-state index contributed by atoms with van der Waals surface area (Å²) < 4.78 is 22.1. The van der Waals surface area contributed by atoms with Crippen molar-refractivity contribution < 1.29 is 14.2 Å². The average Bonchev–Trinajstić information content (AvgIpc) is 3.66. The number of aliphatic hydroxyl groups excluding tert-OH is 1. The number of anilines is 2. The molecule has 186 valence electrons. The van der Waals surface area contributed by atoms with E-state index in [-0.39, 0.29) is 17.9 Å². The van der Waals surface area contributed by atoms with Crippen LogP contribution >= 0.6 is 0 Å². The zero-order valence-electron chi connectivity index (χ0n) is 19.5. The first-order valence-electron chi connectivity index (χ1n) is 11.3. The van der Waals surface area contributed by atoms with Gasteiger partial charge in [0, 0.05) is 30.6 Å². The van der Waals surface area contributed by atoms with Gasteiger partial charge in [-0.3, -0.25) is 5.01 Å². The number of nitrogens with zero attached hydrogens (tertiary/aromatic N) is 6. The Hall–Kier alpha value is -4.29. The number of aliphatic hydroxyl groups is 1. The highest BCUT2D eigenvalue weighted by atomic mass is 19.1. The number of fused-ring (bicyclic) bond motifs is 1. The standard InChI is InChI=1S/C24H26FN9O2/c1-36-20-6-5-19(34(27)13-31-26)16(23(20)25)9-28-21-8-17(29-12-30-21)24(35)18-11-33-10-15(14-2-3-14)4-7-22(33)32-18/h4-8,10-14,24,35H,2-3,9,26-27H2,1H3,(H,28,29,30)/b31-13-. The van der Waals surface area contributed by atoms with Crippen molar-refractivity contribution in [1.29, 1.82) is 0 Å². The maximum Gasteiger partial charge on any atom is 0.172 e. The summed E-state index contributed by atoms with van der Waals surface area (Å²) in [6, 6.07) is 8.67. The third kappa shape index (κ3) is 4.63. The number of pyridine rings is 1. The van der Waals surface area contributed by atoms with Crippen LogP contribution in [0.25, 0.3) is 5.65 Å². The third-order valence-corrected chi connectivity index (χ3v) is 6.11. The molecule has 0 bridgehead atoms. The van der Waals surface area contributed by atoms with Crippen molar-refractivity contribution in [3.63, 3.8) is 0 Å². The van der Waals surface area contributed by atoms with Gasteiger partial charge in [0.05, 0.1) is 24.2 Å². The number of benzene rings is 1. The first-order chi connectivity index (χ1) is 17.5. The molecule has 1 unspecified atom stereocenters. The van der Waals surface area contributed by atoms with Gasteiger partial charge in [-0.2, -0.15) is 5.10 Å². The number of nitrogens with one attached hydrogen (secondary N) is 1. The second kappa shape index (κ2) is 9.76. The fourth-order valence-corrected chi connectivity index (χ4v) is 4.06. The van der Waals surface area contributed by atoms with Crippen LogP contribution in [0.15, 0.2) is 54.2 Å². The van der Waals surface area contributed by atoms with E-state index in [9.17, 15) is 5.11 Å². The molecule has 11 nitrogen and oxygen atoms in total. The Labute approximate surface area is 206 Å². The number of nitrogens with two attached hydrogens (primary N) is 2. The van der Waals surface area contributed by atoms with Gasteiger partial charge in [0.25, 0.3) is 0 Å². The molecule has 0 aliphatic heterocycles. The van der Waals surface area contributed by atoms with Crippen molar-refractivity contribution in [3.05, 3.63) is 77.4 Å². The Kier molecular flexibility index (Phi) is 6.36. The van der Waals surface area contributed by atoms with Gasteiger partial charge in [0.2, 0.25) is 0 Å². The van der Waals surface area contributed by atoms with Crippen LogP contribution in [0.5, 0.6) is 5.75 Å². The molecule has 1 aromatic carbocycles. The van der Waals surface area contributed by atoms with Gasteiger partial charge in [0.15, 0.2) is 11.6 Å². The highest BCUT2D eigenvalue weighted by Crippen LogP contribution is 2.40. The second-order valence-corrected chi connectivity index (χ2v) is 8.50. The molecule has 0 spiro atoms. The Bertz CT molecular complexity index is 1420. The summed E-state index contributed by atoms with van der Waals surface area (Å²) in [7, 11) is 1.38. The lowest BCUT2D eigenvalue weighted by Gasteiger charge is -2.19. The molecule has 1 saturated carbocycles. The molecule has 36 heavy (non-hydrogen) atoms. The molecule has 5 rings (SSSR count). The lowest BCUT2D eigenvalue weighted by Crippen LogP contribution is -2.31. The number of hydrazine groups is 1. The third-order valence-electron chi connectivity index (χ3n) is 6.11. The van der Waals surface area contributed by atoms with Gasteiger partial charge in [-0.1, -0.05) is 6.07 Å². The average molecular weight is 492 g/mol. The van der Waals surface area contributed by atoms with Gasteiger partial charge in [-0.05, 0) is 42.5 Å². The molecule has 3 heterocycles. The van der Waals surface area contributed by atoms with E-state index in [1.807, 2.05) is 10.5 Å². The molecule has 0 amide bonds. The van der Waals surface area contributed by atoms with E-state index in [0.29, 0.717) is 28.8 Å². The van der Waals surface area contributed by atoms with E-state index >= 15 is 4.39 Å². The van der Waals surface area contributed by atoms with E-state index in [2.05, 4.69) is 37.6 Å². The number of halogens is 1.